The number of aliphatic hydroxyl groups excluding tert-OH is 1. The minimum atomic E-state index is -1.37. The monoisotopic (exact) mass is 292 g/mol. The lowest BCUT2D eigenvalue weighted by molar-refractivity contribution is -0.140. The Morgan fingerprint density at radius 2 is 1.94 bits per heavy atom. The van der Waals surface area contributed by atoms with Crippen molar-refractivity contribution in [2.24, 2.45) is 0 Å². The van der Waals surface area contributed by atoms with Crippen LogP contribution in [0.3, 0.4) is 0 Å². The fraction of sp³-hybridized carbons (Fsp3) is 0.200. The van der Waals surface area contributed by atoms with Crippen LogP contribution in [-0.2, 0) is 4.79 Å². The first-order valence-electron chi connectivity index (χ1n) is 4.80. The van der Waals surface area contributed by atoms with Crippen LogP contribution in [0.4, 0.5) is 10.5 Å². The average Bonchev–Trinajstić information content (AvgIpc) is 2.30. The summed E-state index contributed by atoms with van der Waals surface area (Å²) >= 11 is 11.4. The maximum atomic E-state index is 11.4. The zero-order valence-corrected chi connectivity index (χ0v) is 10.5. The normalized spacial score (nSPS) is 11.7. The van der Waals surface area contributed by atoms with Crippen LogP contribution in [0, 0.1) is 0 Å². The van der Waals surface area contributed by atoms with E-state index in [0.29, 0.717) is 10.7 Å². The molecule has 0 fully saturated rings. The number of hydrogen-bond acceptors (Lipinski definition) is 3. The predicted molar refractivity (Wildman–Crippen MR) is 67.1 cm³/mol. The van der Waals surface area contributed by atoms with Gasteiger partial charge in [-0.25, -0.2) is 9.59 Å². The Labute approximate surface area is 113 Å². The van der Waals surface area contributed by atoms with Gasteiger partial charge >= 0.3 is 12.0 Å². The van der Waals surface area contributed by atoms with Gasteiger partial charge in [-0.1, -0.05) is 23.2 Å². The number of halogens is 2. The van der Waals surface area contributed by atoms with Gasteiger partial charge in [0.2, 0.25) is 0 Å². The highest BCUT2D eigenvalue weighted by Crippen LogP contribution is 2.24. The topological polar surface area (TPSA) is 98.7 Å². The van der Waals surface area contributed by atoms with Crippen molar-refractivity contribution in [1.29, 1.82) is 0 Å². The summed E-state index contributed by atoms with van der Waals surface area (Å²) in [6.45, 7) is -0.704. The van der Waals surface area contributed by atoms with E-state index >= 15 is 0 Å². The summed E-state index contributed by atoms with van der Waals surface area (Å²) in [6.07, 6.45) is 0. The fourth-order valence-electron chi connectivity index (χ4n) is 1.08. The number of aliphatic hydroxyl groups is 1. The minimum absolute atomic E-state index is 0.256. The number of carboxylic acids is 1. The molecule has 4 N–H and O–H groups in total. The third kappa shape index (κ3) is 4.06. The zero-order chi connectivity index (χ0) is 13.7. The molecule has 0 bridgehead atoms. The molecule has 0 aliphatic rings. The summed E-state index contributed by atoms with van der Waals surface area (Å²) in [7, 11) is 0. The van der Waals surface area contributed by atoms with Gasteiger partial charge in [0.15, 0.2) is 6.04 Å². The van der Waals surface area contributed by atoms with Crippen molar-refractivity contribution in [3.05, 3.63) is 28.2 Å². The Kier molecular flexibility index (Phi) is 5.21. The molecule has 98 valence electrons. The molecule has 0 saturated carbocycles. The lowest BCUT2D eigenvalue weighted by Gasteiger charge is -2.12. The number of benzene rings is 1. The predicted octanol–water partition coefficient (Wildman–Crippen LogP) is 1.56. The van der Waals surface area contributed by atoms with Gasteiger partial charge in [-0.15, -0.1) is 0 Å². The smallest absolute Gasteiger partial charge is 0.328 e. The molecule has 8 heteroatoms. The molecule has 0 spiro atoms. The summed E-state index contributed by atoms with van der Waals surface area (Å²) in [4.78, 5) is 22.0. The van der Waals surface area contributed by atoms with E-state index < -0.39 is 24.6 Å². The van der Waals surface area contributed by atoms with Crippen LogP contribution in [-0.4, -0.2) is 34.9 Å². The van der Waals surface area contributed by atoms with Gasteiger partial charge in [-0.05, 0) is 18.2 Å². The Bertz CT molecular complexity index is 467. The number of hydrogen-bond donors (Lipinski definition) is 4. The van der Waals surface area contributed by atoms with Crippen LogP contribution in [0.15, 0.2) is 18.2 Å². The van der Waals surface area contributed by atoms with Crippen LogP contribution < -0.4 is 10.6 Å². The molecule has 0 aromatic heterocycles. The SMILES string of the molecule is O=C(Nc1ccc(Cl)c(Cl)c1)NC(CO)C(=O)O. The first kappa shape index (κ1) is 14.6. The van der Waals surface area contributed by atoms with E-state index in [-0.39, 0.29) is 5.02 Å². The van der Waals surface area contributed by atoms with Crippen LogP contribution in [0.1, 0.15) is 0 Å². The number of anilines is 1. The summed E-state index contributed by atoms with van der Waals surface area (Å²) in [5.41, 5.74) is 0.351. The number of rotatable bonds is 4. The van der Waals surface area contributed by atoms with Crippen molar-refractivity contribution < 1.29 is 19.8 Å². The summed E-state index contributed by atoms with van der Waals surface area (Å²) in [6, 6.07) is 2.27. The molecule has 1 unspecified atom stereocenters. The first-order chi connectivity index (χ1) is 8.43. The Morgan fingerprint density at radius 1 is 1.28 bits per heavy atom. The van der Waals surface area contributed by atoms with Crippen LogP contribution in [0.25, 0.3) is 0 Å². The number of nitrogens with one attached hydrogen (secondary N) is 2. The molecule has 0 radical (unpaired) electrons. The number of amides is 2. The zero-order valence-electron chi connectivity index (χ0n) is 8.98. The molecule has 1 rings (SSSR count). The van der Waals surface area contributed by atoms with Gasteiger partial charge in [0, 0.05) is 5.69 Å². The molecule has 6 nitrogen and oxygen atoms in total. The summed E-state index contributed by atoms with van der Waals surface area (Å²) in [5, 5.41) is 22.4. The molecule has 0 heterocycles. The van der Waals surface area contributed by atoms with E-state index in [0.717, 1.165) is 0 Å². The Morgan fingerprint density at radius 3 is 2.44 bits per heavy atom. The molecular weight excluding hydrogens is 283 g/mol. The summed E-state index contributed by atoms with van der Waals surface area (Å²) in [5.74, 6) is -1.33. The quantitative estimate of drug-likeness (QED) is 0.677. The number of carbonyl (C=O) groups is 2. The van der Waals surface area contributed by atoms with E-state index in [9.17, 15) is 9.59 Å². The van der Waals surface area contributed by atoms with E-state index in [1.165, 1.54) is 18.2 Å². The number of carbonyl (C=O) groups excluding carboxylic acids is 1. The molecule has 1 aromatic carbocycles. The molecule has 18 heavy (non-hydrogen) atoms. The molecule has 0 aliphatic carbocycles. The maximum Gasteiger partial charge on any atom is 0.328 e. The second kappa shape index (κ2) is 6.44. The first-order valence-corrected chi connectivity index (χ1v) is 5.56. The van der Waals surface area contributed by atoms with Gasteiger partial charge in [-0.3, -0.25) is 0 Å². The van der Waals surface area contributed by atoms with E-state index in [4.69, 9.17) is 33.4 Å². The van der Waals surface area contributed by atoms with Gasteiger partial charge < -0.3 is 20.8 Å². The highest BCUT2D eigenvalue weighted by atomic mass is 35.5. The highest BCUT2D eigenvalue weighted by Gasteiger charge is 2.18. The third-order valence-corrected chi connectivity index (χ3v) is 2.70. The van der Waals surface area contributed by atoms with Crippen LogP contribution in [0.2, 0.25) is 10.0 Å². The Hall–Kier alpha value is -1.50. The minimum Gasteiger partial charge on any atom is -0.480 e. The van der Waals surface area contributed by atoms with E-state index in [1.807, 2.05) is 0 Å². The van der Waals surface area contributed by atoms with Crippen molar-refractivity contribution in [2.75, 3.05) is 11.9 Å². The van der Waals surface area contributed by atoms with Crippen LogP contribution >= 0.6 is 23.2 Å². The highest BCUT2D eigenvalue weighted by molar-refractivity contribution is 6.42. The second-order valence-electron chi connectivity index (χ2n) is 3.30. The third-order valence-electron chi connectivity index (χ3n) is 1.96. The average molecular weight is 293 g/mol. The molecular formula is C10H10Cl2N2O4. The lowest BCUT2D eigenvalue weighted by Crippen LogP contribution is -2.45. The number of carboxylic acid groups (broad SMARTS) is 1. The van der Waals surface area contributed by atoms with Gasteiger partial charge in [0.05, 0.1) is 16.7 Å². The molecule has 0 aliphatic heterocycles. The van der Waals surface area contributed by atoms with Gasteiger partial charge in [-0.2, -0.15) is 0 Å². The number of aliphatic carboxylic acids is 1. The van der Waals surface area contributed by atoms with E-state index in [2.05, 4.69) is 10.6 Å². The van der Waals surface area contributed by atoms with Crippen molar-refractivity contribution in [3.8, 4) is 0 Å². The molecule has 1 atom stereocenters. The second-order valence-corrected chi connectivity index (χ2v) is 4.12. The van der Waals surface area contributed by atoms with Crippen molar-refractivity contribution in [1.82, 2.24) is 5.32 Å². The number of urea groups is 1. The molecule has 0 saturated heterocycles. The van der Waals surface area contributed by atoms with E-state index in [1.54, 1.807) is 0 Å². The Balaban J connectivity index is 2.64. The van der Waals surface area contributed by atoms with Crippen molar-refractivity contribution in [3.63, 3.8) is 0 Å². The maximum absolute atomic E-state index is 11.4. The largest absolute Gasteiger partial charge is 0.480 e. The van der Waals surface area contributed by atoms with Gasteiger partial charge in [0.1, 0.15) is 0 Å². The lowest BCUT2D eigenvalue weighted by atomic mass is 10.3. The van der Waals surface area contributed by atoms with Crippen LogP contribution in [0.5, 0.6) is 0 Å². The fourth-order valence-corrected chi connectivity index (χ4v) is 1.38. The van der Waals surface area contributed by atoms with Crippen molar-refractivity contribution in [2.45, 2.75) is 6.04 Å². The van der Waals surface area contributed by atoms with Crippen molar-refractivity contribution >= 4 is 40.9 Å². The van der Waals surface area contributed by atoms with Gasteiger partial charge in [0.25, 0.3) is 0 Å². The molecule has 2 amide bonds. The standard InChI is InChI=1S/C10H10Cl2N2O4/c11-6-2-1-5(3-7(6)12)13-10(18)14-8(4-15)9(16)17/h1-3,8,15H,4H2,(H,16,17)(H2,13,14,18). The molecule has 1 aromatic rings. The summed E-state index contributed by atoms with van der Waals surface area (Å²) < 4.78 is 0.